The summed E-state index contributed by atoms with van der Waals surface area (Å²) < 4.78 is 2.27. The number of benzene rings is 10. The van der Waals surface area contributed by atoms with Gasteiger partial charge in [0.25, 0.3) is 0 Å². The lowest BCUT2D eigenvalue weighted by molar-refractivity contribution is 1.10. The Morgan fingerprint density at radius 3 is 1.41 bits per heavy atom. The molecule has 10 aromatic carbocycles. The molecule has 0 aliphatic rings. The molecule has 0 aliphatic carbocycles. The first-order valence-electron chi connectivity index (χ1n) is 24.0. The molecule has 332 valence electrons. The molecule has 0 fully saturated rings. The standard InChI is InChI=1S/C66H43N5/c1-5-17-44(18-6-1)51-23-15-25-53(41-51)60-43-59(68-65(69-60)54-26-16-24-52(42-54)45-19-7-2-8-20-45)48-35-31-46(32-36-48)47-33-37-49(38-34-47)63-62-57(56-29-13-14-30-58(56)67-63)39-40-61-64(62)70-66(50-21-9-3-10-22-50)71(61)55-27-11-4-12-28-55/h1-43H. The highest BCUT2D eigenvalue weighted by atomic mass is 15.1. The summed E-state index contributed by atoms with van der Waals surface area (Å²) in [5.74, 6) is 1.57. The molecule has 0 radical (unpaired) electrons. The average molecular weight is 906 g/mol. The molecule has 0 spiro atoms. The zero-order valence-electron chi connectivity index (χ0n) is 38.6. The quantitative estimate of drug-likeness (QED) is 0.135. The highest BCUT2D eigenvalue weighted by Gasteiger charge is 2.21. The molecule has 13 rings (SSSR count). The van der Waals surface area contributed by atoms with Crippen LogP contribution in [0.1, 0.15) is 0 Å². The number of nitrogens with zero attached hydrogens (tertiary/aromatic N) is 5. The van der Waals surface area contributed by atoms with Crippen LogP contribution in [0.25, 0.3) is 128 Å². The summed E-state index contributed by atoms with van der Waals surface area (Å²) in [7, 11) is 0. The number of hydrogen-bond acceptors (Lipinski definition) is 4. The minimum Gasteiger partial charge on any atom is -0.292 e. The summed E-state index contributed by atoms with van der Waals surface area (Å²) in [4.78, 5) is 21.3. The lowest BCUT2D eigenvalue weighted by Crippen LogP contribution is -1.97. The van der Waals surface area contributed by atoms with E-state index in [0.717, 1.165) is 123 Å². The van der Waals surface area contributed by atoms with Gasteiger partial charge < -0.3 is 0 Å². The fourth-order valence-corrected chi connectivity index (χ4v) is 9.89. The van der Waals surface area contributed by atoms with Gasteiger partial charge in [0.2, 0.25) is 0 Å². The second kappa shape index (κ2) is 17.8. The van der Waals surface area contributed by atoms with Gasteiger partial charge in [-0.25, -0.2) is 19.9 Å². The summed E-state index contributed by atoms with van der Waals surface area (Å²) in [6, 6.07) is 91.5. The monoisotopic (exact) mass is 905 g/mol. The molecule has 71 heavy (non-hydrogen) atoms. The van der Waals surface area contributed by atoms with Gasteiger partial charge in [-0.3, -0.25) is 4.57 Å². The van der Waals surface area contributed by atoms with Crippen LogP contribution < -0.4 is 0 Å². The van der Waals surface area contributed by atoms with Crippen LogP contribution in [0, 0.1) is 0 Å². The van der Waals surface area contributed by atoms with E-state index >= 15 is 0 Å². The van der Waals surface area contributed by atoms with E-state index in [4.69, 9.17) is 19.9 Å². The van der Waals surface area contributed by atoms with Crippen molar-refractivity contribution >= 4 is 32.7 Å². The molecular formula is C66H43N5. The maximum atomic E-state index is 5.47. The number of aromatic nitrogens is 5. The van der Waals surface area contributed by atoms with E-state index in [9.17, 15) is 0 Å². The first kappa shape index (κ1) is 41.6. The molecule has 0 amide bonds. The number of pyridine rings is 1. The first-order valence-corrected chi connectivity index (χ1v) is 24.0. The maximum Gasteiger partial charge on any atom is 0.160 e. The number of para-hydroxylation sites is 2. The van der Waals surface area contributed by atoms with Crippen molar-refractivity contribution in [2.24, 2.45) is 0 Å². The largest absolute Gasteiger partial charge is 0.292 e. The van der Waals surface area contributed by atoms with Crippen LogP contribution >= 0.6 is 0 Å². The molecule has 0 aliphatic heterocycles. The number of fused-ring (bicyclic) bond motifs is 5. The topological polar surface area (TPSA) is 56.5 Å². The van der Waals surface area contributed by atoms with Crippen molar-refractivity contribution in [1.82, 2.24) is 24.5 Å². The minimum atomic E-state index is 0.676. The van der Waals surface area contributed by atoms with E-state index in [1.54, 1.807) is 0 Å². The Balaban J connectivity index is 0.891. The van der Waals surface area contributed by atoms with Gasteiger partial charge in [0, 0.05) is 44.3 Å². The van der Waals surface area contributed by atoms with Crippen molar-refractivity contribution in [2.75, 3.05) is 0 Å². The van der Waals surface area contributed by atoms with Crippen LogP contribution in [0.2, 0.25) is 0 Å². The van der Waals surface area contributed by atoms with Gasteiger partial charge in [0.15, 0.2) is 5.82 Å². The van der Waals surface area contributed by atoms with E-state index < -0.39 is 0 Å². The number of hydrogen-bond donors (Lipinski definition) is 0. The van der Waals surface area contributed by atoms with E-state index in [1.165, 1.54) is 0 Å². The predicted octanol–water partition coefficient (Wildman–Crippen LogP) is 16.9. The van der Waals surface area contributed by atoms with Crippen LogP contribution in [-0.2, 0) is 0 Å². The fourth-order valence-electron chi connectivity index (χ4n) is 9.89. The highest BCUT2D eigenvalue weighted by Crippen LogP contribution is 2.41. The second-order valence-corrected chi connectivity index (χ2v) is 17.8. The molecule has 0 saturated heterocycles. The van der Waals surface area contributed by atoms with E-state index in [2.05, 4.69) is 247 Å². The van der Waals surface area contributed by atoms with Crippen LogP contribution in [0.4, 0.5) is 0 Å². The smallest absolute Gasteiger partial charge is 0.160 e. The molecule has 5 nitrogen and oxygen atoms in total. The first-order chi connectivity index (χ1) is 35.2. The SMILES string of the molecule is c1ccc(-c2cccc(-c3cc(-c4ccc(-c5ccc(-c6nc7ccccc7c7ccc8c(nc(-c9ccccc9)n8-c8ccccc8)c67)cc5)cc4)nc(-c4cccc(-c5ccccc5)c4)n3)c2)cc1. The van der Waals surface area contributed by atoms with Crippen molar-refractivity contribution in [1.29, 1.82) is 0 Å². The molecule has 0 saturated carbocycles. The Labute approximate surface area is 411 Å². The predicted molar refractivity (Wildman–Crippen MR) is 293 cm³/mol. The Kier molecular flexibility index (Phi) is 10.4. The molecular weight excluding hydrogens is 863 g/mol. The van der Waals surface area contributed by atoms with Crippen molar-refractivity contribution in [3.63, 3.8) is 0 Å². The van der Waals surface area contributed by atoms with Crippen molar-refractivity contribution < 1.29 is 0 Å². The van der Waals surface area contributed by atoms with E-state index in [-0.39, 0.29) is 0 Å². The van der Waals surface area contributed by atoms with Crippen LogP contribution in [-0.4, -0.2) is 24.5 Å². The third-order valence-corrected chi connectivity index (χ3v) is 13.4. The summed E-state index contributed by atoms with van der Waals surface area (Å²) in [5.41, 5.74) is 18.4. The lowest BCUT2D eigenvalue weighted by atomic mass is 9.96. The van der Waals surface area contributed by atoms with Crippen molar-refractivity contribution in [3.05, 3.63) is 261 Å². The number of rotatable bonds is 9. The van der Waals surface area contributed by atoms with Crippen LogP contribution in [0.15, 0.2) is 261 Å². The van der Waals surface area contributed by atoms with Crippen molar-refractivity contribution in [3.8, 4) is 95.6 Å². The Morgan fingerprint density at radius 2 is 0.761 bits per heavy atom. The maximum absolute atomic E-state index is 5.47. The number of imidazole rings is 1. The second-order valence-electron chi connectivity index (χ2n) is 17.8. The van der Waals surface area contributed by atoms with Gasteiger partial charge in [0.05, 0.1) is 33.6 Å². The van der Waals surface area contributed by atoms with E-state index in [1.807, 2.05) is 18.2 Å². The van der Waals surface area contributed by atoms with Gasteiger partial charge in [-0.15, -0.1) is 0 Å². The van der Waals surface area contributed by atoms with Crippen LogP contribution in [0.3, 0.4) is 0 Å². The molecule has 0 bridgehead atoms. The van der Waals surface area contributed by atoms with Gasteiger partial charge in [0.1, 0.15) is 5.82 Å². The van der Waals surface area contributed by atoms with Gasteiger partial charge in [-0.2, -0.15) is 0 Å². The van der Waals surface area contributed by atoms with Gasteiger partial charge in [-0.05, 0) is 81.2 Å². The summed E-state index contributed by atoms with van der Waals surface area (Å²) in [6.45, 7) is 0. The molecule has 13 aromatic rings. The van der Waals surface area contributed by atoms with Crippen LogP contribution in [0.5, 0.6) is 0 Å². The normalized spacial score (nSPS) is 11.4. The Bertz CT molecular complexity index is 3960. The molecule has 0 atom stereocenters. The van der Waals surface area contributed by atoms with Gasteiger partial charge >= 0.3 is 0 Å². The molecule has 3 aromatic heterocycles. The van der Waals surface area contributed by atoms with E-state index in [0.29, 0.717) is 5.82 Å². The zero-order valence-corrected chi connectivity index (χ0v) is 38.6. The lowest BCUT2D eigenvalue weighted by Gasteiger charge is -2.13. The van der Waals surface area contributed by atoms with Crippen molar-refractivity contribution in [2.45, 2.75) is 0 Å². The third kappa shape index (κ3) is 7.82. The summed E-state index contributed by atoms with van der Waals surface area (Å²) in [5, 5.41) is 3.26. The molecule has 5 heteroatoms. The molecule has 3 heterocycles. The molecule has 0 N–H and O–H groups in total. The third-order valence-electron chi connectivity index (χ3n) is 13.4. The minimum absolute atomic E-state index is 0.676. The zero-order chi connectivity index (χ0) is 47.1. The fraction of sp³-hybridized carbons (Fsp3) is 0. The Morgan fingerprint density at radius 1 is 0.282 bits per heavy atom. The summed E-state index contributed by atoms with van der Waals surface area (Å²) >= 11 is 0. The molecule has 0 unspecified atom stereocenters. The highest BCUT2D eigenvalue weighted by molar-refractivity contribution is 6.20. The Hall–Kier alpha value is -9.58. The average Bonchev–Trinajstić information content (AvgIpc) is 3.86. The summed E-state index contributed by atoms with van der Waals surface area (Å²) in [6.07, 6.45) is 0. The van der Waals surface area contributed by atoms with Gasteiger partial charge in [-0.1, -0.05) is 218 Å².